The van der Waals surface area contributed by atoms with Crippen LogP contribution in [0.2, 0.25) is 0 Å². The molecular formula is C14H21N2O9P. The molecule has 1 fully saturated rings. The van der Waals surface area contributed by atoms with Gasteiger partial charge in [0.15, 0.2) is 0 Å². The van der Waals surface area contributed by atoms with Crippen LogP contribution >= 0.6 is 7.82 Å². The van der Waals surface area contributed by atoms with Crippen LogP contribution in [0.4, 0.5) is 0 Å². The van der Waals surface area contributed by atoms with Crippen LogP contribution in [0.5, 0.6) is 5.75 Å². The molecule has 0 saturated carbocycles. The van der Waals surface area contributed by atoms with E-state index in [1.807, 2.05) is 0 Å². The molecule has 1 aromatic rings. The first kappa shape index (κ1) is 22.0. The standard InChI is InChI=1S/C9H12NO6P.C5H9NO3/c10-8(9(11)12)5-6-1-3-7(4-2-6)16-17(13,14)15;7-3-1-2-6-4(3)5(8)9/h1-4,8H,5,10H2,(H,11,12)(H2,13,14,15);3-4,6-7H,1-2H2,(H,8,9)/t8-;3?,4-/m00/s1. The molecule has 1 heterocycles. The Kier molecular flexibility index (Phi) is 8.15. The molecule has 1 aromatic carbocycles. The fourth-order valence-corrected chi connectivity index (χ4v) is 2.50. The number of aliphatic carboxylic acids is 2. The van der Waals surface area contributed by atoms with Crippen LogP contribution in [0.25, 0.3) is 0 Å². The Bertz CT molecular complexity index is 661. The van der Waals surface area contributed by atoms with Gasteiger partial charge in [0.1, 0.15) is 17.8 Å². The molecule has 146 valence electrons. The van der Waals surface area contributed by atoms with E-state index in [4.69, 9.17) is 30.8 Å². The number of nitrogens with one attached hydrogen (secondary N) is 1. The Morgan fingerprint density at radius 2 is 1.85 bits per heavy atom. The lowest BCUT2D eigenvalue weighted by atomic mass is 10.1. The first-order valence-electron chi connectivity index (χ1n) is 7.46. The van der Waals surface area contributed by atoms with Crippen molar-refractivity contribution in [3.05, 3.63) is 29.8 Å². The van der Waals surface area contributed by atoms with Gasteiger partial charge in [0.25, 0.3) is 0 Å². The minimum absolute atomic E-state index is 0.00554. The zero-order valence-corrected chi connectivity index (χ0v) is 14.5. The average molecular weight is 392 g/mol. The highest BCUT2D eigenvalue weighted by molar-refractivity contribution is 7.46. The van der Waals surface area contributed by atoms with Gasteiger partial charge < -0.3 is 30.9 Å². The second-order valence-corrected chi connectivity index (χ2v) is 6.66. The van der Waals surface area contributed by atoms with Gasteiger partial charge in [-0.3, -0.25) is 19.4 Å². The zero-order valence-electron chi connectivity index (χ0n) is 13.6. The lowest BCUT2D eigenvalue weighted by Gasteiger charge is -2.09. The number of carbonyl (C=O) groups is 2. The van der Waals surface area contributed by atoms with Gasteiger partial charge in [0.05, 0.1) is 6.10 Å². The fourth-order valence-electron chi connectivity index (χ4n) is 2.11. The van der Waals surface area contributed by atoms with Crippen LogP contribution in [0, 0.1) is 0 Å². The molecule has 8 N–H and O–H groups in total. The molecule has 0 radical (unpaired) electrons. The highest BCUT2D eigenvalue weighted by Gasteiger charge is 2.30. The third kappa shape index (κ3) is 7.91. The number of hydrogen-bond acceptors (Lipinski definition) is 7. The summed E-state index contributed by atoms with van der Waals surface area (Å²) >= 11 is 0. The number of phosphoric acid groups is 1. The van der Waals surface area contributed by atoms with E-state index in [1.165, 1.54) is 24.3 Å². The first-order chi connectivity index (χ1) is 12.0. The largest absolute Gasteiger partial charge is 0.524 e. The monoisotopic (exact) mass is 392 g/mol. The van der Waals surface area contributed by atoms with Crippen molar-refractivity contribution < 1.29 is 43.8 Å². The van der Waals surface area contributed by atoms with E-state index in [-0.39, 0.29) is 12.2 Å². The molecule has 1 saturated heterocycles. The van der Waals surface area contributed by atoms with E-state index >= 15 is 0 Å². The highest BCUT2D eigenvalue weighted by Crippen LogP contribution is 2.37. The topological polar surface area (TPSA) is 200 Å². The Balaban J connectivity index is 0.000000314. The van der Waals surface area contributed by atoms with Crippen molar-refractivity contribution in [2.75, 3.05) is 6.54 Å². The number of benzene rings is 1. The molecule has 2 rings (SSSR count). The molecule has 11 nitrogen and oxygen atoms in total. The smallest absolute Gasteiger partial charge is 0.480 e. The SMILES string of the molecule is N[C@@H](Cc1ccc(OP(=O)(O)O)cc1)C(=O)O.O=C(O)[C@H]1NCCC1O. The highest BCUT2D eigenvalue weighted by atomic mass is 31.2. The Hall–Kier alpha value is -2.01. The van der Waals surface area contributed by atoms with Crippen molar-refractivity contribution in [1.29, 1.82) is 0 Å². The van der Waals surface area contributed by atoms with Crippen molar-refractivity contribution in [1.82, 2.24) is 5.32 Å². The predicted octanol–water partition coefficient (Wildman–Crippen LogP) is -1.09. The van der Waals surface area contributed by atoms with Gasteiger partial charge in [-0.15, -0.1) is 0 Å². The number of carboxylic acids is 2. The predicted molar refractivity (Wildman–Crippen MR) is 88.5 cm³/mol. The van der Waals surface area contributed by atoms with E-state index in [0.717, 1.165) is 0 Å². The average Bonchev–Trinajstić information content (AvgIpc) is 2.94. The first-order valence-corrected chi connectivity index (χ1v) is 8.99. The van der Waals surface area contributed by atoms with Crippen LogP contribution in [0.3, 0.4) is 0 Å². The van der Waals surface area contributed by atoms with Gasteiger partial charge in [-0.2, -0.15) is 0 Å². The van der Waals surface area contributed by atoms with Gasteiger partial charge >= 0.3 is 19.8 Å². The summed E-state index contributed by atoms with van der Waals surface area (Å²) in [6.45, 7) is 0.595. The normalized spacial score (nSPS) is 20.6. The number of nitrogens with two attached hydrogens (primary N) is 1. The summed E-state index contributed by atoms with van der Waals surface area (Å²) in [6, 6.07) is 3.90. The lowest BCUT2D eigenvalue weighted by molar-refractivity contribution is -0.141. The van der Waals surface area contributed by atoms with Gasteiger partial charge in [0.2, 0.25) is 0 Å². The van der Waals surface area contributed by atoms with Gasteiger partial charge in [-0.25, -0.2) is 4.57 Å². The van der Waals surface area contributed by atoms with Crippen molar-refractivity contribution >= 4 is 19.8 Å². The van der Waals surface area contributed by atoms with Crippen LogP contribution in [-0.4, -0.2) is 61.8 Å². The van der Waals surface area contributed by atoms with Crippen molar-refractivity contribution in [2.24, 2.45) is 5.73 Å². The number of rotatable bonds is 6. The molecule has 0 aromatic heterocycles. The van der Waals surface area contributed by atoms with Crippen LogP contribution in [0.1, 0.15) is 12.0 Å². The maximum absolute atomic E-state index is 10.5. The summed E-state index contributed by atoms with van der Waals surface area (Å²) in [7, 11) is -4.56. The summed E-state index contributed by atoms with van der Waals surface area (Å²) < 4.78 is 14.9. The maximum atomic E-state index is 10.5. The number of aliphatic hydroxyl groups is 1. The third-order valence-electron chi connectivity index (χ3n) is 3.38. The summed E-state index contributed by atoms with van der Waals surface area (Å²) in [5.41, 5.74) is 5.97. The second kappa shape index (κ2) is 9.62. The zero-order chi connectivity index (χ0) is 19.9. The van der Waals surface area contributed by atoms with Gasteiger partial charge in [-0.1, -0.05) is 12.1 Å². The third-order valence-corrected chi connectivity index (χ3v) is 3.82. The second-order valence-electron chi connectivity index (χ2n) is 5.50. The molecule has 12 heteroatoms. The van der Waals surface area contributed by atoms with E-state index in [0.29, 0.717) is 18.5 Å². The Morgan fingerprint density at radius 1 is 1.27 bits per heavy atom. The van der Waals surface area contributed by atoms with Gasteiger partial charge in [-0.05, 0) is 37.1 Å². The van der Waals surface area contributed by atoms with E-state index in [9.17, 15) is 14.2 Å². The van der Waals surface area contributed by atoms with Crippen LogP contribution in [-0.2, 0) is 20.6 Å². The summed E-state index contributed by atoms with van der Waals surface area (Å²) in [5, 5.41) is 28.5. The Morgan fingerprint density at radius 3 is 2.19 bits per heavy atom. The maximum Gasteiger partial charge on any atom is 0.524 e. The van der Waals surface area contributed by atoms with Crippen molar-refractivity contribution in [3.63, 3.8) is 0 Å². The molecule has 1 unspecified atom stereocenters. The molecule has 26 heavy (non-hydrogen) atoms. The minimum atomic E-state index is -4.56. The molecule has 0 spiro atoms. The van der Waals surface area contributed by atoms with E-state index in [1.54, 1.807) is 0 Å². The van der Waals surface area contributed by atoms with Crippen molar-refractivity contribution in [2.45, 2.75) is 31.0 Å². The van der Waals surface area contributed by atoms with E-state index in [2.05, 4.69) is 9.84 Å². The molecule has 1 aliphatic rings. The fraction of sp³-hybridized carbons (Fsp3) is 0.429. The number of hydrogen-bond donors (Lipinski definition) is 7. The quantitative estimate of drug-likeness (QED) is 0.290. The van der Waals surface area contributed by atoms with E-state index < -0.39 is 37.9 Å². The van der Waals surface area contributed by atoms with Crippen LogP contribution in [0.15, 0.2) is 24.3 Å². The van der Waals surface area contributed by atoms with Gasteiger partial charge in [0, 0.05) is 0 Å². The molecule has 0 bridgehead atoms. The molecular weight excluding hydrogens is 371 g/mol. The number of phosphoric ester groups is 1. The molecule has 0 aliphatic carbocycles. The Labute approximate surface area is 148 Å². The van der Waals surface area contributed by atoms with Crippen LogP contribution < -0.4 is 15.6 Å². The number of aliphatic hydroxyl groups excluding tert-OH is 1. The minimum Gasteiger partial charge on any atom is -0.480 e. The number of carboxylic acid groups (broad SMARTS) is 2. The molecule has 1 aliphatic heterocycles. The molecule has 3 atom stereocenters. The summed E-state index contributed by atoms with van der Waals surface area (Å²) in [5.74, 6) is -2.08. The molecule has 0 amide bonds. The summed E-state index contributed by atoms with van der Waals surface area (Å²) in [6.07, 6.45) is -0.0369. The summed E-state index contributed by atoms with van der Waals surface area (Å²) in [4.78, 5) is 37.8. The van der Waals surface area contributed by atoms with Crippen molar-refractivity contribution in [3.8, 4) is 5.75 Å². The lowest BCUT2D eigenvalue weighted by Crippen LogP contribution is -2.38.